The van der Waals surface area contributed by atoms with Crippen molar-refractivity contribution >= 4 is 23.2 Å². The van der Waals surface area contributed by atoms with Gasteiger partial charge in [-0.15, -0.1) is 11.3 Å². The van der Waals surface area contributed by atoms with Crippen LogP contribution in [0.5, 0.6) is 0 Å². The number of likely N-dealkylation sites (tertiary alicyclic amines) is 1. The van der Waals surface area contributed by atoms with E-state index >= 15 is 0 Å². The molecule has 1 fully saturated rings. The summed E-state index contributed by atoms with van der Waals surface area (Å²) in [7, 11) is 1.43. The average molecular weight is 373 g/mol. The maximum atomic E-state index is 12.6. The second kappa shape index (κ2) is 8.96. The molecule has 2 N–H and O–H groups in total. The molecule has 138 valence electrons. The van der Waals surface area contributed by atoms with Gasteiger partial charge in [0.05, 0.1) is 32.2 Å². The number of piperidine rings is 1. The fraction of sp³-hybridized carbons (Fsp3) is 0.400. The van der Waals surface area contributed by atoms with Crippen LogP contribution >= 0.6 is 11.3 Å². The van der Waals surface area contributed by atoms with Gasteiger partial charge in [-0.25, -0.2) is 0 Å². The van der Waals surface area contributed by atoms with Crippen LogP contribution in [0.1, 0.15) is 29.3 Å². The summed E-state index contributed by atoms with van der Waals surface area (Å²) in [6.45, 7) is 2.08. The number of quaternary nitrogens is 1. The number of thiophene rings is 1. The van der Waals surface area contributed by atoms with Gasteiger partial charge in [-0.05, 0) is 17.0 Å². The van der Waals surface area contributed by atoms with E-state index < -0.39 is 0 Å². The van der Waals surface area contributed by atoms with E-state index in [1.165, 1.54) is 12.0 Å². The first kappa shape index (κ1) is 18.6. The van der Waals surface area contributed by atoms with Crippen molar-refractivity contribution in [2.24, 2.45) is 5.92 Å². The van der Waals surface area contributed by atoms with Gasteiger partial charge in [-0.2, -0.15) is 0 Å². The van der Waals surface area contributed by atoms with Crippen LogP contribution in [-0.4, -0.2) is 38.6 Å². The minimum atomic E-state index is -0.129. The summed E-state index contributed by atoms with van der Waals surface area (Å²) in [5.74, 6) is -0.107. The molecule has 1 amide bonds. The van der Waals surface area contributed by atoms with Crippen LogP contribution in [0.4, 0.5) is 0 Å². The lowest BCUT2D eigenvalue weighted by Crippen LogP contribution is -3.14. The lowest BCUT2D eigenvalue weighted by atomic mass is 9.97. The van der Waals surface area contributed by atoms with Gasteiger partial charge < -0.3 is 15.0 Å². The molecular formula is C20H25N2O3S+. The first-order valence-corrected chi connectivity index (χ1v) is 9.84. The van der Waals surface area contributed by atoms with Crippen molar-refractivity contribution in [3.63, 3.8) is 0 Å². The van der Waals surface area contributed by atoms with E-state index in [-0.39, 0.29) is 23.8 Å². The fourth-order valence-corrected chi connectivity index (χ4v) is 4.27. The van der Waals surface area contributed by atoms with Gasteiger partial charge in [0, 0.05) is 17.7 Å². The highest BCUT2D eigenvalue weighted by Crippen LogP contribution is 2.25. The van der Waals surface area contributed by atoms with E-state index in [1.54, 1.807) is 11.3 Å². The third-order valence-electron chi connectivity index (χ3n) is 4.90. The molecule has 1 aliphatic heterocycles. The molecule has 1 atom stereocenters. The molecule has 0 bridgehead atoms. The summed E-state index contributed by atoms with van der Waals surface area (Å²) in [5, 5.41) is 5.22. The zero-order chi connectivity index (χ0) is 18.4. The molecule has 5 nitrogen and oxygen atoms in total. The Kier molecular flexibility index (Phi) is 6.41. The van der Waals surface area contributed by atoms with E-state index in [9.17, 15) is 9.59 Å². The molecule has 0 radical (unpaired) electrons. The van der Waals surface area contributed by atoms with Crippen LogP contribution in [0.2, 0.25) is 0 Å². The molecular weight excluding hydrogens is 348 g/mol. The monoisotopic (exact) mass is 373 g/mol. The molecule has 1 aromatic carbocycles. The second-order valence-corrected chi connectivity index (χ2v) is 7.63. The third kappa shape index (κ3) is 4.71. The SMILES string of the molecule is COC(=O)C1CC[NH+](CC(=O)N[C@@H](c2ccccc2)c2cccs2)CC1. The highest BCUT2D eigenvalue weighted by Gasteiger charge is 2.29. The number of ether oxygens (including phenoxy) is 1. The van der Waals surface area contributed by atoms with Crippen LogP contribution in [0.25, 0.3) is 0 Å². The Morgan fingerprint density at radius 2 is 1.92 bits per heavy atom. The molecule has 0 aliphatic carbocycles. The number of nitrogens with one attached hydrogen (secondary N) is 2. The van der Waals surface area contributed by atoms with Crippen LogP contribution in [0, 0.1) is 5.92 Å². The van der Waals surface area contributed by atoms with E-state index in [0.29, 0.717) is 6.54 Å². The van der Waals surface area contributed by atoms with Crippen LogP contribution in [-0.2, 0) is 14.3 Å². The Balaban J connectivity index is 1.58. The van der Waals surface area contributed by atoms with E-state index in [0.717, 1.165) is 36.4 Å². The molecule has 0 spiro atoms. The standard InChI is InChI=1S/C20H24N2O3S/c1-25-20(24)16-9-11-22(12-10-16)14-18(23)21-19(17-8-5-13-26-17)15-6-3-2-4-7-15/h2-8,13,16,19H,9-12,14H2,1H3,(H,21,23)/p+1/t19-/m0/s1. The van der Waals surface area contributed by atoms with Crippen molar-refractivity contribution in [1.82, 2.24) is 5.32 Å². The number of esters is 1. The zero-order valence-corrected chi connectivity index (χ0v) is 15.8. The summed E-state index contributed by atoms with van der Waals surface area (Å²) in [6.07, 6.45) is 1.56. The highest BCUT2D eigenvalue weighted by atomic mass is 32.1. The normalized spacial score (nSPS) is 21.0. The Labute approximate surface area is 158 Å². The lowest BCUT2D eigenvalue weighted by molar-refractivity contribution is -0.897. The number of methoxy groups -OCH3 is 1. The fourth-order valence-electron chi connectivity index (χ4n) is 3.46. The Morgan fingerprint density at radius 1 is 1.19 bits per heavy atom. The van der Waals surface area contributed by atoms with E-state index in [4.69, 9.17) is 4.74 Å². The number of carbonyl (C=O) groups is 2. The summed E-state index contributed by atoms with van der Waals surface area (Å²) in [6, 6.07) is 14.0. The molecule has 1 saturated heterocycles. The first-order chi connectivity index (χ1) is 12.7. The smallest absolute Gasteiger partial charge is 0.309 e. The molecule has 0 unspecified atom stereocenters. The minimum absolute atomic E-state index is 0.0185. The lowest BCUT2D eigenvalue weighted by Gasteiger charge is -2.28. The quantitative estimate of drug-likeness (QED) is 0.753. The maximum Gasteiger partial charge on any atom is 0.309 e. The first-order valence-electron chi connectivity index (χ1n) is 8.96. The number of rotatable bonds is 6. The Bertz CT molecular complexity index is 710. The predicted molar refractivity (Wildman–Crippen MR) is 101 cm³/mol. The van der Waals surface area contributed by atoms with Gasteiger partial charge >= 0.3 is 5.97 Å². The number of hydrogen-bond acceptors (Lipinski definition) is 4. The van der Waals surface area contributed by atoms with Crippen molar-refractivity contribution in [3.8, 4) is 0 Å². The molecule has 6 heteroatoms. The molecule has 26 heavy (non-hydrogen) atoms. The summed E-state index contributed by atoms with van der Waals surface area (Å²) >= 11 is 1.65. The van der Waals surface area contributed by atoms with Gasteiger partial charge in [0.15, 0.2) is 6.54 Å². The second-order valence-electron chi connectivity index (χ2n) is 6.65. The molecule has 1 aromatic heterocycles. The Morgan fingerprint density at radius 3 is 2.54 bits per heavy atom. The largest absolute Gasteiger partial charge is 0.469 e. The molecule has 3 rings (SSSR count). The summed E-state index contributed by atoms with van der Waals surface area (Å²) < 4.78 is 4.82. The molecule has 1 aliphatic rings. The van der Waals surface area contributed by atoms with Crippen LogP contribution < -0.4 is 10.2 Å². The zero-order valence-electron chi connectivity index (χ0n) is 14.9. The maximum absolute atomic E-state index is 12.6. The highest BCUT2D eigenvalue weighted by molar-refractivity contribution is 7.10. The molecule has 2 heterocycles. The van der Waals surface area contributed by atoms with Crippen molar-refractivity contribution in [2.45, 2.75) is 18.9 Å². The molecule has 2 aromatic rings. The van der Waals surface area contributed by atoms with Crippen molar-refractivity contribution in [1.29, 1.82) is 0 Å². The summed E-state index contributed by atoms with van der Waals surface area (Å²) in [5.41, 5.74) is 1.09. The third-order valence-corrected chi connectivity index (χ3v) is 5.84. The van der Waals surface area contributed by atoms with E-state index in [1.807, 2.05) is 41.8 Å². The van der Waals surface area contributed by atoms with Crippen molar-refractivity contribution < 1.29 is 19.2 Å². The van der Waals surface area contributed by atoms with E-state index in [2.05, 4.69) is 11.4 Å². The van der Waals surface area contributed by atoms with Gasteiger partial charge in [-0.3, -0.25) is 9.59 Å². The Hall–Kier alpha value is -2.18. The van der Waals surface area contributed by atoms with Gasteiger partial charge in [0.1, 0.15) is 0 Å². The van der Waals surface area contributed by atoms with Gasteiger partial charge in [0.2, 0.25) is 0 Å². The number of benzene rings is 1. The van der Waals surface area contributed by atoms with Crippen molar-refractivity contribution in [3.05, 3.63) is 58.3 Å². The number of amides is 1. The molecule has 0 saturated carbocycles. The average Bonchev–Trinajstić information content (AvgIpc) is 3.21. The van der Waals surface area contributed by atoms with Crippen LogP contribution in [0.3, 0.4) is 0 Å². The van der Waals surface area contributed by atoms with Gasteiger partial charge in [0.25, 0.3) is 5.91 Å². The number of carbonyl (C=O) groups excluding carboxylic acids is 2. The minimum Gasteiger partial charge on any atom is -0.469 e. The number of hydrogen-bond donors (Lipinski definition) is 2. The van der Waals surface area contributed by atoms with Crippen molar-refractivity contribution in [2.75, 3.05) is 26.7 Å². The predicted octanol–water partition coefficient (Wildman–Crippen LogP) is 1.42. The van der Waals surface area contributed by atoms with Crippen LogP contribution in [0.15, 0.2) is 47.8 Å². The summed E-state index contributed by atoms with van der Waals surface area (Å²) in [4.78, 5) is 26.6. The van der Waals surface area contributed by atoms with Gasteiger partial charge in [-0.1, -0.05) is 36.4 Å². The topological polar surface area (TPSA) is 59.8 Å².